The lowest BCUT2D eigenvalue weighted by Crippen LogP contribution is -2.36. The fourth-order valence-corrected chi connectivity index (χ4v) is 1.63. The highest BCUT2D eigenvalue weighted by atomic mass is 16.5. The fraction of sp³-hybridized carbons (Fsp3) is 0.889. The summed E-state index contributed by atoms with van der Waals surface area (Å²) in [6.07, 6.45) is 3.41. The topological polar surface area (TPSA) is 58.6 Å². The second-order valence-electron chi connectivity index (χ2n) is 3.84. The van der Waals surface area contributed by atoms with Crippen molar-refractivity contribution in [2.24, 2.45) is 0 Å². The molecule has 0 bridgehead atoms. The molecule has 2 atom stereocenters. The standard InChI is InChI=1S/C9H15NO3/c11-6-4-8(10-5-6)9(12)13-7-2-1-3-7/h6-8,10-11H,1-5H2. The molecule has 4 heteroatoms. The maximum Gasteiger partial charge on any atom is 0.323 e. The molecule has 0 aromatic carbocycles. The van der Waals surface area contributed by atoms with Crippen molar-refractivity contribution in [1.82, 2.24) is 5.32 Å². The smallest absolute Gasteiger partial charge is 0.323 e. The molecule has 0 radical (unpaired) electrons. The van der Waals surface area contributed by atoms with Crippen LogP contribution in [0.1, 0.15) is 25.7 Å². The maximum absolute atomic E-state index is 11.4. The zero-order chi connectivity index (χ0) is 9.26. The Balaban J connectivity index is 1.76. The third-order valence-corrected chi connectivity index (χ3v) is 2.73. The van der Waals surface area contributed by atoms with Crippen molar-refractivity contribution in [3.05, 3.63) is 0 Å². The van der Waals surface area contributed by atoms with Crippen LogP contribution in [0.5, 0.6) is 0 Å². The highest BCUT2D eigenvalue weighted by molar-refractivity contribution is 5.76. The summed E-state index contributed by atoms with van der Waals surface area (Å²) in [5, 5.41) is 12.1. The highest BCUT2D eigenvalue weighted by Gasteiger charge is 2.32. The van der Waals surface area contributed by atoms with Gasteiger partial charge in [0.25, 0.3) is 0 Å². The number of aliphatic hydroxyl groups excluding tert-OH is 1. The number of hydrogen-bond acceptors (Lipinski definition) is 4. The van der Waals surface area contributed by atoms with Gasteiger partial charge < -0.3 is 15.2 Å². The average molecular weight is 185 g/mol. The summed E-state index contributed by atoms with van der Waals surface area (Å²) in [4.78, 5) is 11.4. The van der Waals surface area contributed by atoms with Crippen LogP contribution in [0, 0.1) is 0 Å². The lowest BCUT2D eigenvalue weighted by molar-refractivity contribution is -0.155. The summed E-state index contributed by atoms with van der Waals surface area (Å²) >= 11 is 0. The first-order valence-electron chi connectivity index (χ1n) is 4.87. The Labute approximate surface area is 77.3 Å². The number of rotatable bonds is 2. The van der Waals surface area contributed by atoms with Crippen molar-refractivity contribution in [3.8, 4) is 0 Å². The van der Waals surface area contributed by atoms with Crippen LogP contribution in [0.2, 0.25) is 0 Å². The Kier molecular flexibility index (Phi) is 2.51. The van der Waals surface area contributed by atoms with Gasteiger partial charge in [-0.2, -0.15) is 0 Å². The monoisotopic (exact) mass is 185 g/mol. The van der Waals surface area contributed by atoms with Gasteiger partial charge in [0.15, 0.2) is 0 Å². The van der Waals surface area contributed by atoms with Gasteiger partial charge in [0.2, 0.25) is 0 Å². The largest absolute Gasteiger partial charge is 0.461 e. The molecule has 0 amide bonds. The zero-order valence-electron chi connectivity index (χ0n) is 7.53. The Hall–Kier alpha value is -0.610. The lowest BCUT2D eigenvalue weighted by atomic mass is 9.96. The maximum atomic E-state index is 11.4. The summed E-state index contributed by atoms with van der Waals surface area (Å²) in [6, 6.07) is -0.282. The molecule has 1 saturated heterocycles. The van der Waals surface area contributed by atoms with Crippen molar-refractivity contribution in [3.63, 3.8) is 0 Å². The lowest BCUT2D eigenvalue weighted by Gasteiger charge is -2.26. The van der Waals surface area contributed by atoms with Gasteiger partial charge in [-0.3, -0.25) is 4.79 Å². The highest BCUT2D eigenvalue weighted by Crippen LogP contribution is 2.23. The van der Waals surface area contributed by atoms with E-state index in [-0.39, 0.29) is 24.2 Å². The third kappa shape index (κ3) is 2.00. The first-order valence-corrected chi connectivity index (χ1v) is 4.87. The van der Waals surface area contributed by atoms with Crippen LogP contribution in [-0.4, -0.2) is 35.9 Å². The molecular formula is C9H15NO3. The molecule has 74 valence electrons. The second-order valence-corrected chi connectivity index (χ2v) is 3.84. The summed E-state index contributed by atoms with van der Waals surface area (Å²) < 4.78 is 5.21. The third-order valence-electron chi connectivity index (χ3n) is 2.73. The fourth-order valence-electron chi connectivity index (χ4n) is 1.63. The Morgan fingerprint density at radius 2 is 2.23 bits per heavy atom. The molecule has 1 heterocycles. The molecule has 2 unspecified atom stereocenters. The van der Waals surface area contributed by atoms with E-state index in [1.807, 2.05) is 0 Å². The number of ether oxygens (including phenoxy) is 1. The minimum Gasteiger partial charge on any atom is -0.461 e. The Morgan fingerprint density at radius 1 is 1.46 bits per heavy atom. The second kappa shape index (κ2) is 3.64. The molecule has 0 aromatic rings. The van der Waals surface area contributed by atoms with Gasteiger partial charge in [0.05, 0.1) is 6.10 Å². The van der Waals surface area contributed by atoms with Crippen molar-refractivity contribution in [2.45, 2.75) is 43.9 Å². The van der Waals surface area contributed by atoms with E-state index in [4.69, 9.17) is 4.74 Å². The molecule has 2 fully saturated rings. The number of aliphatic hydroxyl groups is 1. The van der Waals surface area contributed by atoms with Gasteiger partial charge >= 0.3 is 5.97 Å². The minimum absolute atomic E-state index is 0.145. The first-order chi connectivity index (χ1) is 6.25. The van der Waals surface area contributed by atoms with Crippen LogP contribution in [0.4, 0.5) is 0 Å². The number of carbonyl (C=O) groups excluding carboxylic acids is 1. The molecule has 2 aliphatic rings. The van der Waals surface area contributed by atoms with Crippen LogP contribution >= 0.6 is 0 Å². The summed E-state index contributed by atoms with van der Waals surface area (Å²) in [7, 11) is 0. The summed E-state index contributed by atoms with van der Waals surface area (Å²) in [5.74, 6) is -0.193. The van der Waals surface area contributed by atoms with E-state index in [0.717, 1.165) is 12.8 Å². The van der Waals surface area contributed by atoms with Gasteiger partial charge in [-0.25, -0.2) is 0 Å². The average Bonchev–Trinajstić information content (AvgIpc) is 2.44. The molecule has 2 rings (SSSR count). The molecule has 0 aromatic heterocycles. The predicted octanol–water partition coefficient (Wildman–Crippen LogP) is -0.195. The molecule has 1 aliphatic carbocycles. The van der Waals surface area contributed by atoms with Crippen molar-refractivity contribution < 1.29 is 14.6 Å². The van der Waals surface area contributed by atoms with Crippen LogP contribution in [0.15, 0.2) is 0 Å². The van der Waals surface area contributed by atoms with Crippen LogP contribution in [0.25, 0.3) is 0 Å². The van der Waals surface area contributed by atoms with E-state index in [1.54, 1.807) is 0 Å². The van der Waals surface area contributed by atoms with Crippen LogP contribution in [-0.2, 0) is 9.53 Å². The van der Waals surface area contributed by atoms with Crippen molar-refractivity contribution in [1.29, 1.82) is 0 Å². The van der Waals surface area contributed by atoms with Gasteiger partial charge in [0, 0.05) is 13.0 Å². The van der Waals surface area contributed by atoms with Gasteiger partial charge in [-0.05, 0) is 19.3 Å². The number of β-amino-alcohol motifs (C(OH)–C–C–N with tert-alkyl or cyclic N) is 1. The van der Waals surface area contributed by atoms with Gasteiger partial charge in [0.1, 0.15) is 12.1 Å². The Bertz CT molecular complexity index is 203. The van der Waals surface area contributed by atoms with Gasteiger partial charge in [-0.1, -0.05) is 0 Å². The molecule has 4 nitrogen and oxygen atoms in total. The van der Waals surface area contributed by atoms with Crippen molar-refractivity contribution in [2.75, 3.05) is 6.54 Å². The SMILES string of the molecule is O=C(OC1CCC1)C1CC(O)CN1. The minimum atomic E-state index is -0.390. The van der Waals surface area contributed by atoms with E-state index in [2.05, 4.69) is 5.32 Å². The van der Waals surface area contributed by atoms with E-state index in [0.29, 0.717) is 13.0 Å². The molecule has 13 heavy (non-hydrogen) atoms. The van der Waals surface area contributed by atoms with E-state index >= 15 is 0 Å². The predicted molar refractivity (Wildman–Crippen MR) is 46.1 cm³/mol. The van der Waals surface area contributed by atoms with Crippen molar-refractivity contribution >= 4 is 5.97 Å². The number of hydrogen-bond donors (Lipinski definition) is 2. The molecular weight excluding hydrogens is 170 g/mol. The molecule has 2 N–H and O–H groups in total. The summed E-state index contributed by atoms with van der Waals surface area (Å²) in [6.45, 7) is 0.504. The van der Waals surface area contributed by atoms with Crippen LogP contribution in [0.3, 0.4) is 0 Å². The molecule has 1 saturated carbocycles. The van der Waals surface area contributed by atoms with E-state index in [1.165, 1.54) is 6.42 Å². The normalized spacial score (nSPS) is 34.2. The Morgan fingerprint density at radius 3 is 2.69 bits per heavy atom. The first kappa shape index (κ1) is 8.97. The van der Waals surface area contributed by atoms with Gasteiger partial charge in [-0.15, -0.1) is 0 Å². The number of carbonyl (C=O) groups is 1. The zero-order valence-corrected chi connectivity index (χ0v) is 7.53. The number of esters is 1. The van der Waals surface area contributed by atoms with E-state index < -0.39 is 0 Å². The van der Waals surface area contributed by atoms with E-state index in [9.17, 15) is 9.90 Å². The summed E-state index contributed by atoms with van der Waals surface area (Å²) in [5.41, 5.74) is 0. The quantitative estimate of drug-likeness (QED) is 0.585. The van der Waals surface area contributed by atoms with Crippen LogP contribution < -0.4 is 5.32 Å². The molecule has 1 aliphatic heterocycles. The molecule has 0 spiro atoms. The number of nitrogens with one attached hydrogen (secondary N) is 1.